The van der Waals surface area contributed by atoms with Crippen molar-refractivity contribution in [2.75, 3.05) is 13.3 Å². The van der Waals surface area contributed by atoms with E-state index in [1.807, 2.05) is 0 Å². The lowest BCUT2D eigenvalue weighted by atomic mass is 10.0. The molecule has 1 heterocycles. The molecule has 20 heavy (non-hydrogen) atoms. The van der Waals surface area contributed by atoms with Gasteiger partial charge in [-0.05, 0) is 43.5 Å². The van der Waals surface area contributed by atoms with Crippen molar-refractivity contribution in [3.63, 3.8) is 0 Å². The van der Waals surface area contributed by atoms with Crippen LogP contribution in [0.25, 0.3) is 0 Å². The first-order chi connectivity index (χ1) is 9.28. The number of fused-ring (bicyclic) bond motifs is 1. The van der Waals surface area contributed by atoms with Crippen LogP contribution in [-0.2, 0) is 0 Å². The summed E-state index contributed by atoms with van der Waals surface area (Å²) in [4.78, 5) is 12.2. The third kappa shape index (κ3) is 2.83. The number of halogens is 1. The van der Waals surface area contributed by atoms with Crippen molar-refractivity contribution in [3.8, 4) is 11.5 Å². The third-order valence-electron chi connectivity index (χ3n) is 3.91. The molecule has 0 saturated heterocycles. The standard InChI is InChI=1S/C14H18N2O3.ClH/c15-7-10-2-1-3-11(10)16-14(17)9-4-5-12-13(6-9)19-8-18-12;/h4-6,10-11H,1-3,7-8,15H2,(H,16,17);1H. The van der Waals surface area contributed by atoms with E-state index >= 15 is 0 Å². The molecule has 1 aromatic rings. The van der Waals surface area contributed by atoms with Crippen LogP contribution in [0.15, 0.2) is 18.2 Å². The minimum Gasteiger partial charge on any atom is -0.454 e. The van der Waals surface area contributed by atoms with Gasteiger partial charge in [-0.1, -0.05) is 6.42 Å². The van der Waals surface area contributed by atoms with Gasteiger partial charge in [0, 0.05) is 11.6 Å². The van der Waals surface area contributed by atoms with E-state index in [0.717, 1.165) is 19.3 Å². The normalized spacial score (nSPS) is 23.2. The Hall–Kier alpha value is -1.46. The number of rotatable bonds is 3. The van der Waals surface area contributed by atoms with E-state index in [1.165, 1.54) is 0 Å². The van der Waals surface area contributed by atoms with Crippen LogP contribution in [0.2, 0.25) is 0 Å². The Bertz CT molecular complexity index is 495. The van der Waals surface area contributed by atoms with Gasteiger partial charge in [-0.15, -0.1) is 12.4 Å². The number of hydrogen-bond donors (Lipinski definition) is 2. The summed E-state index contributed by atoms with van der Waals surface area (Å²) >= 11 is 0. The summed E-state index contributed by atoms with van der Waals surface area (Å²) in [6.07, 6.45) is 3.24. The second-order valence-corrected chi connectivity index (χ2v) is 5.07. The lowest BCUT2D eigenvalue weighted by Gasteiger charge is -2.19. The molecule has 2 aliphatic rings. The largest absolute Gasteiger partial charge is 0.454 e. The van der Waals surface area contributed by atoms with Crippen LogP contribution in [0.3, 0.4) is 0 Å². The van der Waals surface area contributed by atoms with Gasteiger partial charge in [0.05, 0.1) is 0 Å². The molecule has 0 radical (unpaired) electrons. The van der Waals surface area contributed by atoms with Gasteiger partial charge in [0.25, 0.3) is 5.91 Å². The fraction of sp³-hybridized carbons (Fsp3) is 0.500. The molecule has 0 aromatic heterocycles. The Balaban J connectivity index is 0.00000147. The van der Waals surface area contributed by atoms with Gasteiger partial charge in [0.1, 0.15) is 0 Å². The predicted molar refractivity (Wildman–Crippen MR) is 77.5 cm³/mol. The van der Waals surface area contributed by atoms with Crippen molar-refractivity contribution in [1.82, 2.24) is 5.32 Å². The van der Waals surface area contributed by atoms with E-state index < -0.39 is 0 Å². The van der Waals surface area contributed by atoms with Crippen LogP contribution in [0.1, 0.15) is 29.6 Å². The molecule has 1 saturated carbocycles. The first-order valence-electron chi connectivity index (χ1n) is 6.68. The summed E-state index contributed by atoms with van der Waals surface area (Å²) in [6, 6.07) is 5.45. The first kappa shape index (κ1) is 14.9. The minimum atomic E-state index is -0.0661. The number of hydrogen-bond acceptors (Lipinski definition) is 4. The average molecular weight is 299 g/mol. The maximum atomic E-state index is 12.2. The van der Waals surface area contributed by atoms with Crippen molar-refractivity contribution in [1.29, 1.82) is 0 Å². The highest BCUT2D eigenvalue weighted by molar-refractivity contribution is 5.95. The van der Waals surface area contributed by atoms with E-state index in [4.69, 9.17) is 15.2 Å². The summed E-state index contributed by atoms with van der Waals surface area (Å²) in [5.41, 5.74) is 6.33. The minimum absolute atomic E-state index is 0. The summed E-state index contributed by atoms with van der Waals surface area (Å²) in [5, 5.41) is 3.07. The van der Waals surface area contributed by atoms with Gasteiger partial charge in [0.15, 0.2) is 11.5 Å². The lowest BCUT2D eigenvalue weighted by molar-refractivity contribution is 0.0928. The maximum Gasteiger partial charge on any atom is 0.251 e. The number of benzene rings is 1. The number of amides is 1. The van der Waals surface area contributed by atoms with Crippen LogP contribution in [0, 0.1) is 5.92 Å². The molecule has 3 rings (SSSR count). The van der Waals surface area contributed by atoms with Crippen molar-refractivity contribution in [2.24, 2.45) is 11.7 Å². The van der Waals surface area contributed by atoms with Gasteiger partial charge in [0.2, 0.25) is 6.79 Å². The van der Waals surface area contributed by atoms with Crippen LogP contribution in [0.4, 0.5) is 0 Å². The molecule has 1 aromatic carbocycles. The van der Waals surface area contributed by atoms with Gasteiger partial charge < -0.3 is 20.5 Å². The van der Waals surface area contributed by atoms with Crippen LogP contribution < -0.4 is 20.5 Å². The van der Waals surface area contributed by atoms with Gasteiger partial charge >= 0.3 is 0 Å². The van der Waals surface area contributed by atoms with E-state index in [9.17, 15) is 4.79 Å². The van der Waals surface area contributed by atoms with E-state index in [-0.39, 0.29) is 31.1 Å². The van der Waals surface area contributed by atoms with Gasteiger partial charge in [-0.3, -0.25) is 4.79 Å². The highest BCUT2D eigenvalue weighted by Crippen LogP contribution is 2.32. The summed E-state index contributed by atoms with van der Waals surface area (Å²) < 4.78 is 10.5. The Morgan fingerprint density at radius 3 is 2.90 bits per heavy atom. The third-order valence-corrected chi connectivity index (χ3v) is 3.91. The molecule has 0 spiro atoms. The van der Waals surface area contributed by atoms with E-state index in [1.54, 1.807) is 18.2 Å². The predicted octanol–water partition coefficient (Wildman–Crippen LogP) is 1.69. The molecular formula is C14H19ClN2O3. The first-order valence-corrected chi connectivity index (χ1v) is 6.68. The summed E-state index contributed by atoms with van der Waals surface area (Å²) in [6.45, 7) is 0.852. The Labute approximate surface area is 124 Å². The number of carbonyl (C=O) groups is 1. The topological polar surface area (TPSA) is 73.6 Å². The zero-order chi connectivity index (χ0) is 13.2. The zero-order valence-corrected chi connectivity index (χ0v) is 11.9. The summed E-state index contributed by atoms with van der Waals surface area (Å²) in [5.74, 6) is 1.66. The lowest BCUT2D eigenvalue weighted by Crippen LogP contribution is -2.39. The molecular weight excluding hydrogens is 280 g/mol. The van der Waals surface area contributed by atoms with Crippen molar-refractivity contribution < 1.29 is 14.3 Å². The van der Waals surface area contributed by atoms with Crippen molar-refractivity contribution in [2.45, 2.75) is 25.3 Å². The zero-order valence-electron chi connectivity index (χ0n) is 11.1. The second kappa shape index (κ2) is 6.33. The van der Waals surface area contributed by atoms with Crippen molar-refractivity contribution in [3.05, 3.63) is 23.8 Å². The number of carbonyl (C=O) groups excluding carboxylic acids is 1. The highest BCUT2D eigenvalue weighted by atomic mass is 35.5. The number of ether oxygens (including phenoxy) is 2. The Morgan fingerprint density at radius 1 is 1.30 bits per heavy atom. The second-order valence-electron chi connectivity index (χ2n) is 5.07. The Kier molecular flexibility index (Phi) is 4.73. The van der Waals surface area contributed by atoms with E-state index in [2.05, 4.69) is 5.32 Å². The molecule has 1 amide bonds. The molecule has 5 nitrogen and oxygen atoms in total. The molecule has 1 aliphatic carbocycles. The highest BCUT2D eigenvalue weighted by Gasteiger charge is 2.28. The Morgan fingerprint density at radius 2 is 2.10 bits per heavy atom. The fourth-order valence-electron chi connectivity index (χ4n) is 2.80. The van der Waals surface area contributed by atoms with Crippen molar-refractivity contribution >= 4 is 18.3 Å². The molecule has 110 valence electrons. The molecule has 1 aliphatic heterocycles. The van der Waals surface area contributed by atoms with Gasteiger partial charge in [-0.25, -0.2) is 0 Å². The van der Waals surface area contributed by atoms with E-state index in [0.29, 0.717) is 29.5 Å². The number of nitrogens with one attached hydrogen (secondary N) is 1. The molecule has 0 bridgehead atoms. The monoisotopic (exact) mass is 298 g/mol. The maximum absolute atomic E-state index is 12.2. The molecule has 2 atom stereocenters. The summed E-state index contributed by atoms with van der Waals surface area (Å²) in [7, 11) is 0. The molecule has 1 fully saturated rings. The van der Waals surface area contributed by atoms with Crippen LogP contribution in [-0.4, -0.2) is 25.3 Å². The van der Waals surface area contributed by atoms with Crippen LogP contribution in [0.5, 0.6) is 11.5 Å². The SMILES string of the molecule is Cl.NCC1CCCC1NC(=O)c1ccc2c(c1)OCO2. The van der Waals surface area contributed by atoms with Gasteiger partial charge in [-0.2, -0.15) is 0 Å². The average Bonchev–Trinajstić information content (AvgIpc) is 3.05. The quantitative estimate of drug-likeness (QED) is 0.891. The molecule has 2 unspecified atom stereocenters. The fourth-order valence-corrected chi connectivity index (χ4v) is 2.80. The molecule has 3 N–H and O–H groups in total. The number of nitrogens with two attached hydrogens (primary N) is 1. The molecule has 6 heteroatoms. The smallest absolute Gasteiger partial charge is 0.251 e. The van der Waals surface area contributed by atoms with Crippen LogP contribution >= 0.6 is 12.4 Å².